The standard InChI is InChI=1S/C11H8NO3.Y/c1-15-11(14)9-6-10(13)7-4-2-3-5-8(7)12-9;/h3-6H,1H3,(H,12,13);/q-1;+3. The predicted octanol–water partition coefficient (Wildman–Crippen LogP) is 1.11. The first-order valence-electron chi connectivity index (χ1n) is 4.34. The summed E-state index contributed by atoms with van der Waals surface area (Å²) in [6.45, 7) is 0. The number of benzene rings is 1. The van der Waals surface area contributed by atoms with Crippen molar-refractivity contribution >= 4 is 16.9 Å². The van der Waals surface area contributed by atoms with Crippen LogP contribution in [0.15, 0.2) is 29.1 Å². The molecule has 0 unspecified atom stereocenters. The van der Waals surface area contributed by atoms with E-state index in [1.165, 1.54) is 13.2 Å². The molecule has 0 aliphatic heterocycles. The summed E-state index contributed by atoms with van der Waals surface area (Å²) in [7, 11) is 1.27. The number of aromatic amines is 1. The molecular formula is C11H8NO3Y+2. The zero-order valence-electron chi connectivity index (χ0n) is 8.61. The Hall–Kier alpha value is -0.996. The first-order chi connectivity index (χ1) is 7.22. The van der Waals surface area contributed by atoms with Crippen LogP contribution in [-0.2, 0) is 37.4 Å². The van der Waals surface area contributed by atoms with E-state index < -0.39 is 5.97 Å². The molecule has 76 valence electrons. The van der Waals surface area contributed by atoms with Crippen LogP contribution in [0.2, 0.25) is 0 Å². The molecule has 0 aliphatic carbocycles. The summed E-state index contributed by atoms with van der Waals surface area (Å²) in [4.78, 5) is 25.6. The molecule has 0 saturated carbocycles. The van der Waals surface area contributed by atoms with Crippen LogP contribution < -0.4 is 5.43 Å². The number of carbonyl (C=O) groups is 1. The van der Waals surface area contributed by atoms with E-state index >= 15 is 0 Å². The molecule has 0 bridgehead atoms. The first kappa shape index (κ1) is 13.1. The molecule has 1 heterocycles. The van der Waals surface area contributed by atoms with E-state index in [0.29, 0.717) is 10.9 Å². The van der Waals surface area contributed by atoms with Crippen molar-refractivity contribution < 1.29 is 42.2 Å². The fourth-order valence-electron chi connectivity index (χ4n) is 1.35. The Bertz CT molecular complexity index is 577. The van der Waals surface area contributed by atoms with Gasteiger partial charge in [-0.05, 0) is 0 Å². The third-order valence-electron chi connectivity index (χ3n) is 2.08. The third-order valence-corrected chi connectivity index (χ3v) is 2.08. The first-order valence-corrected chi connectivity index (χ1v) is 4.34. The van der Waals surface area contributed by atoms with Crippen LogP contribution in [0.4, 0.5) is 0 Å². The molecule has 1 aromatic carbocycles. The van der Waals surface area contributed by atoms with E-state index in [4.69, 9.17) is 0 Å². The van der Waals surface area contributed by atoms with Crippen LogP contribution in [0, 0.1) is 6.07 Å². The SMILES string of the molecule is COC(=O)c1cc(=O)c2c[c-]ccc2[nH]1.[Y+3]. The van der Waals surface area contributed by atoms with Crippen LogP contribution >= 0.6 is 0 Å². The Morgan fingerprint density at radius 3 is 2.94 bits per heavy atom. The van der Waals surface area contributed by atoms with Crippen molar-refractivity contribution in [3.63, 3.8) is 0 Å². The van der Waals surface area contributed by atoms with Crippen molar-refractivity contribution in [1.29, 1.82) is 0 Å². The van der Waals surface area contributed by atoms with Crippen molar-refractivity contribution in [2.24, 2.45) is 0 Å². The van der Waals surface area contributed by atoms with Crippen LogP contribution in [-0.4, -0.2) is 18.1 Å². The van der Waals surface area contributed by atoms with Gasteiger partial charge in [-0.15, -0.1) is 6.07 Å². The van der Waals surface area contributed by atoms with Gasteiger partial charge in [-0.1, -0.05) is 10.9 Å². The van der Waals surface area contributed by atoms with Crippen molar-refractivity contribution in [1.82, 2.24) is 4.98 Å². The number of ether oxygens (including phenoxy) is 1. The summed E-state index contributed by atoms with van der Waals surface area (Å²) in [5, 5.41) is 0.505. The molecule has 2 rings (SSSR count). The van der Waals surface area contributed by atoms with Crippen molar-refractivity contribution in [2.75, 3.05) is 7.11 Å². The molecule has 0 spiro atoms. The number of rotatable bonds is 1. The van der Waals surface area contributed by atoms with Crippen LogP contribution in [0.25, 0.3) is 10.9 Å². The van der Waals surface area contributed by atoms with Crippen LogP contribution in [0.5, 0.6) is 0 Å². The summed E-state index contributed by atoms with van der Waals surface area (Å²) in [5.41, 5.74) is 0.531. The number of esters is 1. The van der Waals surface area contributed by atoms with Gasteiger partial charge in [-0.3, -0.25) is 0 Å². The maximum atomic E-state index is 11.6. The molecule has 0 radical (unpaired) electrons. The normalized spacial score (nSPS) is 9.56. The van der Waals surface area contributed by atoms with Gasteiger partial charge in [0.05, 0.1) is 7.11 Å². The molecule has 0 fully saturated rings. The fourth-order valence-corrected chi connectivity index (χ4v) is 1.35. The minimum atomic E-state index is -0.554. The van der Waals surface area contributed by atoms with E-state index in [9.17, 15) is 9.59 Å². The number of H-pyrrole nitrogens is 1. The quantitative estimate of drug-likeness (QED) is 0.632. The number of hydrogen-bond acceptors (Lipinski definition) is 3. The summed E-state index contributed by atoms with van der Waals surface area (Å²) in [6.07, 6.45) is 0. The van der Waals surface area contributed by atoms with E-state index in [2.05, 4.69) is 15.8 Å². The third kappa shape index (κ3) is 2.39. The van der Waals surface area contributed by atoms with E-state index in [1.54, 1.807) is 18.2 Å². The number of hydrogen-bond donors (Lipinski definition) is 1. The van der Waals surface area contributed by atoms with Gasteiger partial charge in [0.15, 0.2) is 0 Å². The van der Waals surface area contributed by atoms with Crippen molar-refractivity contribution in [3.05, 3.63) is 46.2 Å². The molecule has 0 amide bonds. The van der Waals surface area contributed by atoms with Crippen LogP contribution in [0.3, 0.4) is 0 Å². The number of carbonyl (C=O) groups excluding carboxylic acids is 1. The number of methoxy groups -OCH3 is 1. The second-order valence-corrected chi connectivity index (χ2v) is 3.01. The second kappa shape index (κ2) is 5.37. The molecule has 1 aromatic heterocycles. The second-order valence-electron chi connectivity index (χ2n) is 3.01. The molecule has 1 N–H and O–H groups in total. The average molecular weight is 291 g/mol. The smallest absolute Gasteiger partial charge is 0.464 e. The van der Waals surface area contributed by atoms with Gasteiger partial charge < -0.3 is 14.5 Å². The van der Waals surface area contributed by atoms with Gasteiger partial charge in [0.2, 0.25) is 0 Å². The molecular weight excluding hydrogens is 283 g/mol. The molecule has 0 saturated heterocycles. The monoisotopic (exact) mass is 291 g/mol. The Labute approximate surface area is 117 Å². The zero-order chi connectivity index (χ0) is 10.8. The maximum absolute atomic E-state index is 11.6. The van der Waals surface area contributed by atoms with Gasteiger partial charge in [-0.25, -0.2) is 4.79 Å². The number of fused-ring (bicyclic) bond motifs is 1. The molecule has 4 nitrogen and oxygen atoms in total. The van der Waals surface area contributed by atoms with Gasteiger partial charge >= 0.3 is 38.7 Å². The molecule has 2 aromatic rings. The summed E-state index contributed by atoms with van der Waals surface area (Å²) in [5.74, 6) is -0.554. The average Bonchev–Trinajstić information content (AvgIpc) is 2.28. The topological polar surface area (TPSA) is 59.2 Å². The molecule has 16 heavy (non-hydrogen) atoms. The predicted molar refractivity (Wildman–Crippen MR) is 54.7 cm³/mol. The van der Waals surface area contributed by atoms with Crippen LogP contribution in [0.1, 0.15) is 10.5 Å². The molecule has 0 aliphatic rings. The maximum Gasteiger partial charge on any atom is 3.00 e. The Balaban J connectivity index is 0.00000128. The van der Waals surface area contributed by atoms with Gasteiger partial charge in [-0.2, -0.15) is 18.2 Å². The van der Waals surface area contributed by atoms with E-state index in [1.807, 2.05) is 0 Å². The minimum Gasteiger partial charge on any atom is -0.464 e. The Kier molecular flexibility index (Phi) is 4.39. The molecule has 5 heteroatoms. The number of aromatic nitrogens is 1. The fraction of sp³-hybridized carbons (Fsp3) is 0.0909. The van der Waals surface area contributed by atoms with E-state index in [-0.39, 0.29) is 43.8 Å². The van der Waals surface area contributed by atoms with Gasteiger partial charge in [0.1, 0.15) is 11.1 Å². The van der Waals surface area contributed by atoms with Crippen molar-refractivity contribution in [2.45, 2.75) is 0 Å². The zero-order valence-corrected chi connectivity index (χ0v) is 11.4. The number of pyridine rings is 1. The largest absolute Gasteiger partial charge is 3.00 e. The molecule has 0 atom stereocenters. The number of nitrogens with one attached hydrogen (secondary N) is 1. The van der Waals surface area contributed by atoms with E-state index in [0.717, 1.165) is 0 Å². The van der Waals surface area contributed by atoms with Crippen molar-refractivity contribution in [3.8, 4) is 0 Å². The summed E-state index contributed by atoms with van der Waals surface area (Å²) >= 11 is 0. The summed E-state index contributed by atoms with van der Waals surface area (Å²) in [6, 6.07) is 8.96. The summed E-state index contributed by atoms with van der Waals surface area (Å²) < 4.78 is 4.52. The van der Waals surface area contributed by atoms with Gasteiger partial charge in [0, 0.05) is 6.07 Å². The Morgan fingerprint density at radius 2 is 2.25 bits per heavy atom. The van der Waals surface area contributed by atoms with Gasteiger partial charge in [0.25, 0.3) is 0 Å². The Morgan fingerprint density at radius 1 is 1.50 bits per heavy atom. The minimum absolute atomic E-state index is 0.